The van der Waals surface area contributed by atoms with E-state index in [1.165, 1.54) is 22.3 Å². The predicted molar refractivity (Wildman–Crippen MR) is 142 cm³/mol. The fraction of sp³-hybridized carbons (Fsp3) is 0.0938. The van der Waals surface area contributed by atoms with Crippen molar-refractivity contribution in [3.63, 3.8) is 0 Å². The minimum atomic E-state index is -0.559. The lowest BCUT2D eigenvalue weighted by Gasteiger charge is -2.45. The Kier molecular flexibility index (Phi) is 5.20. The summed E-state index contributed by atoms with van der Waals surface area (Å²) in [7, 11) is 0. The Morgan fingerprint density at radius 2 is 1.26 bits per heavy atom. The van der Waals surface area contributed by atoms with Crippen molar-refractivity contribution >= 4 is 10.9 Å². The van der Waals surface area contributed by atoms with Crippen LogP contribution in [-0.4, -0.2) is 9.99 Å². The molecule has 0 aliphatic carbocycles. The van der Waals surface area contributed by atoms with E-state index >= 15 is 0 Å². The molecule has 1 aliphatic heterocycles. The normalized spacial score (nSPS) is 17.7. The standard InChI is InChI=1S/C32H27N3/c1-31(29-19-20-30-25(24-29)12-11-22-33-30)21-23-35(34-31)32(26-13-5-2-6-14-26,27-15-7-3-8-16-27)28-17-9-4-10-18-28/h2-24,34H,1H3. The molecule has 1 aliphatic rings. The minimum absolute atomic E-state index is 0.381. The first-order valence-electron chi connectivity index (χ1n) is 12.0. The highest BCUT2D eigenvalue weighted by Crippen LogP contribution is 2.45. The van der Waals surface area contributed by atoms with Gasteiger partial charge in [0, 0.05) is 17.8 Å². The van der Waals surface area contributed by atoms with Gasteiger partial charge >= 0.3 is 0 Å². The van der Waals surface area contributed by atoms with E-state index < -0.39 is 5.54 Å². The van der Waals surface area contributed by atoms with Gasteiger partial charge in [0.15, 0.2) is 0 Å². The topological polar surface area (TPSA) is 28.2 Å². The third-order valence-electron chi connectivity index (χ3n) is 7.05. The minimum Gasteiger partial charge on any atom is -0.295 e. The van der Waals surface area contributed by atoms with Crippen molar-refractivity contribution in [1.82, 2.24) is 15.4 Å². The Hall–Kier alpha value is -4.21. The van der Waals surface area contributed by atoms with Gasteiger partial charge in [-0.15, -0.1) is 0 Å². The van der Waals surface area contributed by atoms with Crippen molar-refractivity contribution in [2.24, 2.45) is 0 Å². The van der Waals surface area contributed by atoms with Gasteiger partial charge in [-0.3, -0.25) is 9.99 Å². The Balaban J connectivity index is 1.53. The Labute approximate surface area is 206 Å². The molecule has 0 radical (unpaired) electrons. The van der Waals surface area contributed by atoms with Gasteiger partial charge in [0.1, 0.15) is 5.54 Å². The zero-order chi connectivity index (χ0) is 23.7. The highest BCUT2D eigenvalue weighted by Gasteiger charge is 2.45. The number of nitrogens with zero attached hydrogens (tertiary/aromatic N) is 2. The summed E-state index contributed by atoms with van der Waals surface area (Å²) < 4.78 is 0. The van der Waals surface area contributed by atoms with E-state index in [2.05, 4.69) is 150 Å². The van der Waals surface area contributed by atoms with Gasteiger partial charge in [0.25, 0.3) is 0 Å². The van der Waals surface area contributed by atoms with E-state index in [-0.39, 0.29) is 5.54 Å². The predicted octanol–water partition coefficient (Wildman–Crippen LogP) is 6.78. The first kappa shape index (κ1) is 21.3. The molecule has 2 heterocycles. The van der Waals surface area contributed by atoms with Gasteiger partial charge in [0.2, 0.25) is 0 Å². The number of benzene rings is 4. The number of aromatic nitrogens is 1. The van der Waals surface area contributed by atoms with Crippen LogP contribution in [-0.2, 0) is 11.1 Å². The van der Waals surface area contributed by atoms with Crippen molar-refractivity contribution in [3.05, 3.63) is 162 Å². The van der Waals surface area contributed by atoms with E-state index in [4.69, 9.17) is 0 Å². The second-order valence-electron chi connectivity index (χ2n) is 9.22. The van der Waals surface area contributed by atoms with Gasteiger partial charge in [0.05, 0.1) is 11.1 Å². The van der Waals surface area contributed by atoms with Crippen LogP contribution in [0.4, 0.5) is 0 Å². The fourth-order valence-corrected chi connectivity index (χ4v) is 5.26. The van der Waals surface area contributed by atoms with Crippen molar-refractivity contribution in [2.45, 2.75) is 18.0 Å². The lowest BCUT2D eigenvalue weighted by molar-refractivity contribution is 0.133. The van der Waals surface area contributed by atoms with E-state index in [1.54, 1.807) is 0 Å². The first-order chi connectivity index (χ1) is 17.2. The molecule has 0 amide bonds. The zero-order valence-corrected chi connectivity index (χ0v) is 19.7. The van der Waals surface area contributed by atoms with Crippen LogP contribution in [0, 0.1) is 0 Å². The van der Waals surface area contributed by atoms with E-state index in [0.717, 1.165) is 10.9 Å². The number of fused-ring (bicyclic) bond motifs is 1. The third-order valence-corrected chi connectivity index (χ3v) is 7.05. The quantitative estimate of drug-likeness (QED) is 0.298. The van der Waals surface area contributed by atoms with E-state index in [0.29, 0.717) is 0 Å². The highest BCUT2D eigenvalue weighted by atomic mass is 15.6. The molecule has 1 atom stereocenters. The number of rotatable bonds is 5. The molecule has 5 aromatic rings. The van der Waals surface area contributed by atoms with Gasteiger partial charge in [-0.05, 0) is 53.5 Å². The Morgan fingerprint density at radius 1 is 0.686 bits per heavy atom. The molecule has 0 bridgehead atoms. The zero-order valence-electron chi connectivity index (χ0n) is 19.7. The maximum atomic E-state index is 4.50. The summed E-state index contributed by atoms with van der Waals surface area (Å²) >= 11 is 0. The van der Waals surface area contributed by atoms with E-state index in [9.17, 15) is 0 Å². The molecular formula is C32H27N3. The highest BCUT2D eigenvalue weighted by molar-refractivity contribution is 5.79. The molecule has 3 heteroatoms. The average molecular weight is 454 g/mol. The van der Waals surface area contributed by atoms with Crippen LogP contribution >= 0.6 is 0 Å². The second-order valence-corrected chi connectivity index (χ2v) is 9.22. The lowest BCUT2D eigenvalue weighted by atomic mass is 9.76. The molecule has 1 aromatic heterocycles. The van der Waals surface area contributed by atoms with Crippen LogP contribution in [0.25, 0.3) is 10.9 Å². The third kappa shape index (κ3) is 3.52. The summed E-state index contributed by atoms with van der Waals surface area (Å²) in [5.41, 5.74) is 8.73. The van der Waals surface area contributed by atoms with Crippen LogP contribution in [0.15, 0.2) is 140 Å². The molecule has 0 spiro atoms. The maximum absolute atomic E-state index is 4.50. The molecule has 6 rings (SSSR count). The van der Waals surface area contributed by atoms with Crippen LogP contribution < -0.4 is 5.43 Å². The van der Waals surface area contributed by atoms with Crippen molar-refractivity contribution in [1.29, 1.82) is 0 Å². The van der Waals surface area contributed by atoms with Crippen molar-refractivity contribution in [2.75, 3.05) is 0 Å². The molecule has 4 aromatic carbocycles. The summed E-state index contributed by atoms with van der Waals surface area (Å²) in [5.74, 6) is 0. The summed E-state index contributed by atoms with van der Waals surface area (Å²) in [6.07, 6.45) is 6.29. The number of hydrogen-bond acceptors (Lipinski definition) is 3. The monoisotopic (exact) mass is 453 g/mol. The van der Waals surface area contributed by atoms with Crippen LogP contribution in [0.1, 0.15) is 29.2 Å². The molecule has 0 saturated carbocycles. The van der Waals surface area contributed by atoms with Gasteiger partial charge in [-0.2, -0.15) is 0 Å². The fourth-order valence-electron chi connectivity index (χ4n) is 5.26. The van der Waals surface area contributed by atoms with Crippen molar-refractivity contribution in [3.8, 4) is 0 Å². The molecule has 1 unspecified atom stereocenters. The smallest absolute Gasteiger partial charge is 0.130 e. The molecule has 1 N–H and O–H groups in total. The Bertz CT molecular complexity index is 1380. The summed E-state index contributed by atoms with van der Waals surface area (Å²) in [6.45, 7) is 2.23. The number of pyridine rings is 1. The van der Waals surface area contributed by atoms with Crippen LogP contribution in [0.5, 0.6) is 0 Å². The second kappa shape index (κ2) is 8.53. The SMILES string of the molecule is CC1(c2ccc3ncccc3c2)C=CN(C(c2ccccc2)(c2ccccc2)c2ccccc2)N1. The Morgan fingerprint density at radius 3 is 1.83 bits per heavy atom. The average Bonchev–Trinajstić information content (AvgIpc) is 3.34. The molecule has 0 saturated heterocycles. The number of hydrazine groups is 1. The van der Waals surface area contributed by atoms with Gasteiger partial charge in [-0.25, -0.2) is 5.43 Å². The molecule has 0 fully saturated rings. The van der Waals surface area contributed by atoms with Crippen LogP contribution in [0.2, 0.25) is 0 Å². The van der Waals surface area contributed by atoms with Gasteiger partial charge < -0.3 is 0 Å². The van der Waals surface area contributed by atoms with E-state index in [1.807, 2.05) is 12.3 Å². The molecule has 3 nitrogen and oxygen atoms in total. The molecule has 35 heavy (non-hydrogen) atoms. The molecule has 170 valence electrons. The summed E-state index contributed by atoms with van der Waals surface area (Å²) in [5, 5.41) is 3.42. The number of hydrogen-bond donors (Lipinski definition) is 1. The summed E-state index contributed by atoms with van der Waals surface area (Å²) in [4.78, 5) is 4.50. The maximum Gasteiger partial charge on any atom is 0.130 e. The number of nitrogens with one attached hydrogen (secondary N) is 1. The van der Waals surface area contributed by atoms with Crippen LogP contribution in [0.3, 0.4) is 0 Å². The first-order valence-corrected chi connectivity index (χ1v) is 12.0. The lowest BCUT2D eigenvalue weighted by Crippen LogP contribution is -2.54. The summed E-state index contributed by atoms with van der Waals surface area (Å²) in [6, 6.07) is 42.8. The van der Waals surface area contributed by atoms with Gasteiger partial charge in [-0.1, -0.05) is 103 Å². The largest absolute Gasteiger partial charge is 0.295 e. The molecular weight excluding hydrogens is 426 g/mol. The van der Waals surface area contributed by atoms with Crippen molar-refractivity contribution < 1.29 is 0 Å².